The lowest BCUT2D eigenvalue weighted by molar-refractivity contribution is -0.124. The molecule has 0 spiro atoms. The van der Waals surface area contributed by atoms with Crippen molar-refractivity contribution >= 4 is 17.6 Å². The number of aromatic nitrogens is 2. The van der Waals surface area contributed by atoms with Crippen molar-refractivity contribution in [2.75, 3.05) is 32.1 Å². The molecule has 0 aliphatic rings. The van der Waals surface area contributed by atoms with Crippen LogP contribution in [-0.2, 0) is 16.1 Å². The summed E-state index contributed by atoms with van der Waals surface area (Å²) in [6.07, 6.45) is 0.758. The quantitative estimate of drug-likeness (QED) is 0.576. The number of nitrogens with zero attached hydrogens (tertiary/aromatic N) is 3. The first-order valence-corrected chi connectivity index (χ1v) is 8.59. The van der Waals surface area contributed by atoms with E-state index in [9.17, 15) is 9.59 Å². The van der Waals surface area contributed by atoms with Crippen LogP contribution in [-0.4, -0.2) is 48.9 Å². The van der Waals surface area contributed by atoms with E-state index in [0.717, 1.165) is 30.0 Å². The van der Waals surface area contributed by atoms with Crippen LogP contribution in [0.1, 0.15) is 28.2 Å². The van der Waals surface area contributed by atoms with Crippen LogP contribution in [0.15, 0.2) is 30.3 Å². The molecule has 0 aliphatic carbocycles. The molecule has 1 amide bonds. The van der Waals surface area contributed by atoms with E-state index >= 15 is 0 Å². The Labute approximate surface area is 153 Å². The van der Waals surface area contributed by atoms with Crippen molar-refractivity contribution in [3.63, 3.8) is 0 Å². The van der Waals surface area contributed by atoms with Crippen molar-refractivity contribution in [2.24, 2.45) is 0 Å². The number of nitrogens with one attached hydrogen (secondary N) is 1. The fourth-order valence-corrected chi connectivity index (χ4v) is 2.52. The number of hydrogen-bond acceptors (Lipinski definition) is 5. The summed E-state index contributed by atoms with van der Waals surface area (Å²) in [4.78, 5) is 25.7. The minimum atomic E-state index is -0.506. The maximum atomic E-state index is 12.0. The molecule has 0 aliphatic heterocycles. The summed E-state index contributed by atoms with van der Waals surface area (Å²) in [7, 11) is 3.85. The Kier molecular flexibility index (Phi) is 6.77. The van der Waals surface area contributed by atoms with Gasteiger partial charge in [-0.05, 0) is 50.6 Å². The van der Waals surface area contributed by atoms with Gasteiger partial charge < -0.3 is 15.0 Å². The zero-order valence-corrected chi connectivity index (χ0v) is 15.8. The summed E-state index contributed by atoms with van der Waals surface area (Å²) in [5, 5.41) is 7.11. The minimum absolute atomic E-state index is 0.284. The van der Waals surface area contributed by atoms with E-state index in [4.69, 9.17) is 4.74 Å². The monoisotopic (exact) mass is 358 g/mol. The normalized spacial score (nSPS) is 10.5. The van der Waals surface area contributed by atoms with Crippen LogP contribution in [0.3, 0.4) is 0 Å². The molecule has 0 unspecified atom stereocenters. The van der Waals surface area contributed by atoms with E-state index in [2.05, 4.69) is 10.4 Å². The predicted octanol–water partition coefficient (Wildman–Crippen LogP) is 1.93. The highest BCUT2D eigenvalue weighted by Gasteiger charge is 2.10. The van der Waals surface area contributed by atoms with Gasteiger partial charge in [-0.2, -0.15) is 5.10 Å². The number of esters is 1. The number of aryl methyl sites for hydroxylation is 3. The molecule has 140 valence electrons. The zero-order chi connectivity index (χ0) is 19.1. The van der Waals surface area contributed by atoms with E-state index in [-0.39, 0.29) is 12.5 Å². The number of amides is 1. The van der Waals surface area contributed by atoms with Gasteiger partial charge in [0.05, 0.1) is 11.3 Å². The van der Waals surface area contributed by atoms with Crippen LogP contribution in [0.25, 0.3) is 0 Å². The topological polar surface area (TPSA) is 76.5 Å². The molecule has 2 aromatic rings. The largest absolute Gasteiger partial charge is 0.452 e. The van der Waals surface area contributed by atoms with Crippen LogP contribution in [0.2, 0.25) is 0 Å². The second kappa shape index (κ2) is 9.03. The highest BCUT2D eigenvalue weighted by atomic mass is 16.5. The first-order chi connectivity index (χ1) is 12.4. The third kappa shape index (κ3) is 5.61. The minimum Gasteiger partial charge on any atom is -0.452 e. The zero-order valence-electron chi connectivity index (χ0n) is 15.8. The Morgan fingerprint density at radius 2 is 1.88 bits per heavy atom. The lowest BCUT2D eigenvalue weighted by Crippen LogP contribution is -2.30. The van der Waals surface area contributed by atoms with Gasteiger partial charge in [-0.25, -0.2) is 4.79 Å². The molecule has 7 heteroatoms. The predicted molar refractivity (Wildman–Crippen MR) is 100 cm³/mol. The maximum Gasteiger partial charge on any atom is 0.338 e. The molecule has 0 radical (unpaired) electrons. The summed E-state index contributed by atoms with van der Waals surface area (Å²) in [6, 6.07) is 9.04. The maximum absolute atomic E-state index is 12.0. The molecule has 1 heterocycles. The van der Waals surface area contributed by atoms with Crippen molar-refractivity contribution in [1.29, 1.82) is 0 Å². The van der Waals surface area contributed by atoms with Crippen LogP contribution < -0.4 is 10.2 Å². The third-order valence-corrected chi connectivity index (χ3v) is 3.93. The number of anilines is 1. The SMILES string of the molecule is Cc1cc(C)n(CCCNC(=O)COC(=O)c2ccc(N(C)C)cc2)n1. The molecule has 7 nitrogen and oxygen atoms in total. The number of benzene rings is 1. The Hall–Kier alpha value is -2.83. The molecule has 0 fully saturated rings. The fraction of sp³-hybridized carbons (Fsp3) is 0.421. The number of hydrogen-bond donors (Lipinski definition) is 1. The molecule has 1 N–H and O–H groups in total. The van der Waals surface area contributed by atoms with E-state index in [0.29, 0.717) is 12.1 Å². The Bertz CT molecular complexity index is 751. The second-order valence-electron chi connectivity index (χ2n) is 6.37. The van der Waals surface area contributed by atoms with Crippen LogP contribution >= 0.6 is 0 Å². The van der Waals surface area contributed by atoms with E-state index in [1.54, 1.807) is 12.1 Å². The van der Waals surface area contributed by atoms with Crippen LogP contribution in [0, 0.1) is 13.8 Å². The van der Waals surface area contributed by atoms with E-state index < -0.39 is 5.97 Å². The van der Waals surface area contributed by atoms with Gasteiger partial charge in [0, 0.05) is 38.6 Å². The van der Waals surface area contributed by atoms with Crippen molar-refractivity contribution in [1.82, 2.24) is 15.1 Å². The average molecular weight is 358 g/mol. The first-order valence-electron chi connectivity index (χ1n) is 8.59. The van der Waals surface area contributed by atoms with Gasteiger partial charge in [0.15, 0.2) is 6.61 Å². The number of carbonyl (C=O) groups excluding carboxylic acids is 2. The Morgan fingerprint density at radius 3 is 2.46 bits per heavy atom. The average Bonchev–Trinajstić information content (AvgIpc) is 2.94. The first kappa shape index (κ1) is 19.5. The Balaban J connectivity index is 1.67. The van der Waals surface area contributed by atoms with Gasteiger partial charge in [-0.15, -0.1) is 0 Å². The Morgan fingerprint density at radius 1 is 1.19 bits per heavy atom. The number of rotatable bonds is 8. The summed E-state index contributed by atoms with van der Waals surface area (Å²) in [6.45, 7) is 4.91. The molecule has 1 aromatic heterocycles. The number of carbonyl (C=O) groups is 2. The standard InChI is InChI=1S/C19H26N4O3/c1-14-12-15(2)23(21-14)11-5-10-20-18(24)13-26-19(25)16-6-8-17(9-7-16)22(3)4/h6-9,12H,5,10-11,13H2,1-4H3,(H,20,24). The van der Waals surface area contributed by atoms with Crippen molar-refractivity contribution < 1.29 is 14.3 Å². The fourth-order valence-electron chi connectivity index (χ4n) is 2.52. The molecule has 0 bridgehead atoms. The summed E-state index contributed by atoms with van der Waals surface area (Å²) < 4.78 is 6.96. The number of ether oxygens (including phenoxy) is 1. The molecule has 0 saturated heterocycles. The van der Waals surface area contributed by atoms with Crippen molar-refractivity contribution in [3.05, 3.63) is 47.3 Å². The molecule has 0 atom stereocenters. The van der Waals surface area contributed by atoms with Gasteiger partial charge in [-0.3, -0.25) is 9.48 Å². The van der Waals surface area contributed by atoms with E-state index in [1.807, 2.05) is 55.7 Å². The van der Waals surface area contributed by atoms with Gasteiger partial charge in [-0.1, -0.05) is 0 Å². The summed E-state index contributed by atoms with van der Waals surface area (Å²) in [5.41, 5.74) is 3.50. The van der Waals surface area contributed by atoms with Crippen LogP contribution in [0.5, 0.6) is 0 Å². The lowest BCUT2D eigenvalue weighted by Gasteiger charge is -2.12. The molecular weight excluding hydrogens is 332 g/mol. The third-order valence-electron chi connectivity index (χ3n) is 3.93. The van der Waals surface area contributed by atoms with Gasteiger partial charge >= 0.3 is 5.97 Å². The van der Waals surface area contributed by atoms with Gasteiger partial charge in [0.1, 0.15) is 0 Å². The van der Waals surface area contributed by atoms with Gasteiger partial charge in [0.25, 0.3) is 5.91 Å². The molecule has 0 saturated carbocycles. The van der Waals surface area contributed by atoms with Crippen LogP contribution in [0.4, 0.5) is 5.69 Å². The summed E-state index contributed by atoms with van der Waals surface area (Å²) in [5.74, 6) is -0.815. The van der Waals surface area contributed by atoms with Crippen molar-refractivity contribution in [2.45, 2.75) is 26.8 Å². The van der Waals surface area contributed by atoms with E-state index in [1.165, 1.54) is 0 Å². The molecule has 26 heavy (non-hydrogen) atoms. The highest BCUT2D eigenvalue weighted by molar-refractivity contribution is 5.91. The molecular formula is C19H26N4O3. The second-order valence-corrected chi connectivity index (χ2v) is 6.37. The molecule has 2 rings (SSSR count). The molecule has 1 aromatic carbocycles. The highest BCUT2D eigenvalue weighted by Crippen LogP contribution is 2.12. The van der Waals surface area contributed by atoms with Gasteiger partial charge in [0.2, 0.25) is 0 Å². The smallest absolute Gasteiger partial charge is 0.338 e. The summed E-state index contributed by atoms with van der Waals surface area (Å²) >= 11 is 0. The van der Waals surface area contributed by atoms with Crippen molar-refractivity contribution in [3.8, 4) is 0 Å². The lowest BCUT2D eigenvalue weighted by atomic mass is 10.2.